The summed E-state index contributed by atoms with van der Waals surface area (Å²) in [6.07, 6.45) is 1.45. The minimum Gasteiger partial charge on any atom is -0.340 e. The maximum atomic E-state index is 10.4. The van der Waals surface area contributed by atoms with Crippen LogP contribution in [0.5, 0.6) is 0 Å². The van der Waals surface area contributed by atoms with Crippen molar-refractivity contribution < 1.29 is 0 Å². The zero-order valence-corrected chi connectivity index (χ0v) is 10.1. The smallest absolute Gasteiger partial charge is 0.254 e. The van der Waals surface area contributed by atoms with Gasteiger partial charge in [0.15, 0.2) is 0 Å². The Balaban J connectivity index is 1.99. The van der Waals surface area contributed by atoms with Crippen molar-refractivity contribution in [3.05, 3.63) is 47.3 Å². The van der Waals surface area contributed by atoms with Gasteiger partial charge in [-0.1, -0.05) is 0 Å². The monoisotopic (exact) mass is 254 g/mol. The number of benzene rings is 1. The Hall–Kier alpha value is -2.83. The molecule has 0 saturated heterocycles. The minimum atomic E-state index is 0.391. The molecule has 1 N–H and O–H groups in total. The summed E-state index contributed by atoms with van der Waals surface area (Å²) in [5, 5.41) is 10.2. The number of nitrogens with one attached hydrogen (secondary N) is 1. The first-order chi connectivity index (χ1) is 9.26. The fourth-order valence-corrected chi connectivity index (χ4v) is 1.77. The van der Waals surface area contributed by atoms with Gasteiger partial charge in [-0.2, -0.15) is 14.6 Å². The normalized spacial score (nSPS) is 10.6. The van der Waals surface area contributed by atoms with E-state index in [4.69, 9.17) is 0 Å². The van der Waals surface area contributed by atoms with E-state index in [1.807, 2.05) is 13.0 Å². The third-order valence-corrected chi connectivity index (χ3v) is 2.63. The zero-order valence-electron chi connectivity index (χ0n) is 10.1. The van der Waals surface area contributed by atoms with Crippen LogP contribution in [0.1, 0.15) is 5.69 Å². The molecule has 0 unspecified atom stereocenters. The van der Waals surface area contributed by atoms with Gasteiger partial charge < -0.3 is 5.32 Å². The van der Waals surface area contributed by atoms with E-state index < -0.39 is 0 Å². The van der Waals surface area contributed by atoms with Gasteiger partial charge in [0, 0.05) is 17.4 Å². The van der Waals surface area contributed by atoms with Crippen LogP contribution in [0, 0.1) is 11.8 Å². The van der Waals surface area contributed by atoms with E-state index in [9.17, 15) is 4.91 Å². The third-order valence-electron chi connectivity index (χ3n) is 2.63. The molecule has 7 heteroatoms. The van der Waals surface area contributed by atoms with Gasteiger partial charge in [-0.3, -0.25) is 0 Å². The molecule has 0 atom stereocenters. The van der Waals surface area contributed by atoms with Crippen LogP contribution < -0.4 is 5.32 Å². The van der Waals surface area contributed by atoms with Crippen LogP contribution in [0.15, 0.2) is 41.8 Å². The zero-order chi connectivity index (χ0) is 13.2. The van der Waals surface area contributed by atoms with Crippen LogP contribution in [-0.2, 0) is 0 Å². The summed E-state index contributed by atoms with van der Waals surface area (Å²) in [5.74, 6) is 1.29. The molecule has 19 heavy (non-hydrogen) atoms. The van der Waals surface area contributed by atoms with Crippen molar-refractivity contribution in [2.75, 3.05) is 5.32 Å². The van der Waals surface area contributed by atoms with Crippen molar-refractivity contribution in [2.45, 2.75) is 6.92 Å². The molecule has 0 aliphatic heterocycles. The first-order valence-electron chi connectivity index (χ1n) is 5.64. The highest BCUT2D eigenvalue weighted by Gasteiger charge is 2.05. The average molecular weight is 254 g/mol. The van der Waals surface area contributed by atoms with Gasteiger partial charge in [0.25, 0.3) is 5.78 Å². The van der Waals surface area contributed by atoms with E-state index in [1.54, 1.807) is 28.8 Å². The molecular formula is C12H10N6O. The highest BCUT2D eigenvalue weighted by Crippen LogP contribution is 2.20. The molecule has 0 spiro atoms. The summed E-state index contributed by atoms with van der Waals surface area (Å²) < 4.78 is 1.61. The maximum absolute atomic E-state index is 10.4. The molecule has 0 saturated carbocycles. The minimum absolute atomic E-state index is 0.391. The summed E-state index contributed by atoms with van der Waals surface area (Å²) in [6.45, 7) is 1.89. The molecule has 0 bridgehead atoms. The number of fused-ring (bicyclic) bond motifs is 1. The fraction of sp³-hybridized carbons (Fsp3) is 0.0833. The summed E-state index contributed by atoms with van der Waals surface area (Å²) >= 11 is 0. The number of nitrogens with zero attached hydrogens (tertiary/aromatic N) is 5. The number of aromatic nitrogens is 4. The molecule has 2 heterocycles. The van der Waals surface area contributed by atoms with Crippen molar-refractivity contribution >= 4 is 23.0 Å². The molecule has 7 nitrogen and oxygen atoms in total. The average Bonchev–Trinajstić information content (AvgIpc) is 2.88. The van der Waals surface area contributed by atoms with Crippen LogP contribution >= 0.6 is 0 Å². The fourth-order valence-electron chi connectivity index (χ4n) is 1.77. The van der Waals surface area contributed by atoms with E-state index in [-0.39, 0.29) is 0 Å². The Kier molecular flexibility index (Phi) is 2.64. The Morgan fingerprint density at radius 3 is 2.79 bits per heavy atom. The van der Waals surface area contributed by atoms with Crippen LogP contribution in [0.2, 0.25) is 0 Å². The van der Waals surface area contributed by atoms with Crippen LogP contribution in [0.3, 0.4) is 0 Å². The topological polar surface area (TPSA) is 84.5 Å². The number of rotatable bonds is 3. The van der Waals surface area contributed by atoms with Crippen LogP contribution in [-0.4, -0.2) is 19.6 Å². The molecule has 2 aromatic heterocycles. The predicted octanol–water partition coefficient (Wildman–Crippen LogP) is 2.57. The van der Waals surface area contributed by atoms with Crippen LogP contribution in [0.25, 0.3) is 5.78 Å². The van der Waals surface area contributed by atoms with Crippen LogP contribution in [0.4, 0.5) is 17.2 Å². The molecule has 0 radical (unpaired) electrons. The van der Waals surface area contributed by atoms with Crippen molar-refractivity contribution in [3.8, 4) is 0 Å². The van der Waals surface area contributed by atoms with E-state index >= 15 is 0 Å². The molecule has 3 rings (SSSR count). The molecule has 94 valence electrons. The molecule has 0 aliphatic rings. The molecule has 1 aromatic carbocycles. The largest absolute Gasteiger partial charge is 0.340 e. The lowest BCUT2D eigenvalue weighted by atomic mass is 10.3. The van der Waals surface area contributed by atoms with E-state index in [0.29, 0.717) is 11.5 Å². The van der Waals surface area contributed by atoms with Crippen molar-refractivity contribution in [1.82, 2.24) is 19.6 Å². The quantitative estimate of drug-likeness (QED) is 0.726. The lowest BCUT2D eigenvalue weighted by Gasteiger charge is -2.08. The molecule has 0 amide bonds. The highest BCUT2D eigenvalue weighted by atomic mass is 16.3. The number of hydrogen-bond acceptors (Lipinski definition) is 6. The summed E-state index contributed by atoms with van der Waals surface area (Å²) in [5.41, 5.74) is 2.06. The Morgan fingerprint density at radius 1 is 1.26 bits per heavy atom. The lowest BCUT2D eigenvalue weighted by Crippen LogP contribution is -2.02. The molecule has 0 aliphatic carbocycles. The Bertz CT molecular complexity index is 734. The van der Waals surface area contributed by atoms with Gasteiger partial charge in [-0.15, -0.1) is 4.91 Å². The van der Waals surface area contributed by atoms with Gasteiger partial charge in [-0.25, -0.2) is 4.98 Å². The van der Waals surface area contributed by atoms with Crippen molar-refractivity contribution in [3.63, 3.8) is 0 Å². The highest BCUT2D eigenvalue weighted by molar-refractivity contribution is 5.60. The molecular weight excluding hydrogens is 244 g/mol. The summed E-state index contributed by atoms with van der Waals surface area (Å²) in [7, 11) is 0. The Morgan fingerprint density at radius 2 is 2.05 bits per heavy atom. The van der Waals surface area contributed by atoms with E-state index in [1.165, 1.54) is 6.33 Å². The number of anilines is 2. The van der Waals surface area contributed by atoms with Gasteiger partial charge >= 0.3 is 0 Å². The first-order valence-corrected chi connectivity index (χ1v) is 5.64. The third kappa shape index (κ3) is 2.13. The summed E-state index contributed by atoms with van der Waals surface area (Å²) in [6, 6.07) is 8.70. The van der Waals surface area contributed by atoms with Crippen molar-refractivity contribution in [2.24, 2.45) is 5.18 Å². The Labute approximate surface area is 108 Å². The second-order valence-corrected chi connectivity index (χ2v) is 4.02. The lowest BCUT2D eigenvalue weighted by molar-refractivity contribution is 0.937. The first kappa shape index (κ1) is 11.3. The second-order valence-electron chi connectivity index (χ2n) is 4.02. The number of nitroso groups, excluding NO2 is 1. The van der Waals surface area contributed by atoms with E-state index in [0.717, 1.165) is 17.2 Å². The molecule has 0 fully saturated rings. The predicted molar refractivity (Wildman–Crippen MR) is 70.7 cm³/mol. The van der Waals surface area contributed by atoms with E-state index in [2.05, 4.69) is 25.6 Å². The molecule has 3 aromatic rings. The van der Waals surface area contributed by atoms with Gasteiger partial charge in [0.05, 0.1) is 0 Å². The maximum Gasteiger partial charge on any atom is 0.254 e. The second kappa shape index (κ2) is 4.45. The summed E-state index contributed by atoms with van der Waals surface area (Å²) in [4.78, 5) is 18.7. The standard InChI is InChI=1S/C12H10N6O/c1-8-6-11(18-12(15-8)13-7-14-18)16-9-2-4-10(17-19)5-3-9/h2-7,16H,1H3. The van der Waals surface area contributed by atoms with Gasteiger partial charge in [-0.05, 0) is 36.4 Å². The SMILES string of the molecule is Cc1cc(Nc2ccc(N=O)cc2)n2ncnc2n1. The van der Waals surface area contributed by atoms with Gasteiger partial charge in [0.2, 0.25) is 0 Å². The van der Waals surface area contributed by atoms with Gasteiger partial charge in [0.1, 0.15) is 17.8 Å². The number of hydrogen-bond donors (Lipinski definition) is 1. The van der Waals surface area contributed by atoms with Crippen molar-refractivity contribution in [1.29, 1.82) is 0 Å². The number of aryl methyl sites for hydroxylation is 1.